The van der Waals surface area contributed by atoms with Crippen LogP contribution in [0.25, 0.3) is 0 Å². The maximum absolute atomic E-state index is 12.4. The molecular formula is C22H27ClN2O2. The molecule has 3 rings (SSSR count). The van der Waals surface area contributed by atoms with Crippen molar-refractivity contribution in [2.75, 3.05) is 18.5 Å². The molecule has 5 heteroatoms. The van der Waals surface area contributed by atoms with Crippen LogP contribution in [-0.4, -0.2) is 25.2 Å². The minimum absolute atomic E-state index is 0.199. The maximum atomic E-state index is 12.4. The second kappa shape index (κ2) is 10.5. The Labute approximate surface area is 166 Å². The summed E-state index contributed by atoms with van der Waals surface area (Å²) >= 11 is 6.09. The van der Waals surface area contributed by atoms with Crippen molar-refractivity contribution in [2.24, 2.45) is 0 Å². The molecule has 0 spiro atoms. The molecule has 0 heterocycles. The Morgan fingerprint density at radius 2 is 1.93 bits per heavy atom. The normalized spacial score (nSPS) is 14.4. The first kappa shape index (κ1) is 19.9. The van der Waals surface area contributed by atoms with E-state index in [0.29, 0.717) is 16.7 Å². The lowest BCUT2D eigenvalue weighted by Gasteiger charge is -2.11. The molecule has 2 aromatic rings. The van der Waals surface area contributed by atoms with Crippen molar-refractivity contribution < 1.29 is 9.53 Å². The Morgan fingerprint density at radius 1 is 1.11 bits per heavy atom. The van der Waals surface area contributed by atoms with Gasteiger partial charge in [0.25, 0.3) is 5.91 Å². The minimum Gasteiger partial charge on any atom is -0.378 e. The molecule has 0 unspecified atom stereocenters. The molecule has 144 valence electrons. The molecule has 0 atom stereocenters. The van der Waals surface area contributed by atoms with Crippen molar-refractivity contribution in [3.63, 3.8) is 0 Å². The topological polar surface area (TPSA) is 50.4 Å². The molecule has 0 aromatic heterocycles. The van der Waals surface area contributed by atoms with E-state index in [9.17, 15) is 4.79 Å². The van der Waals surface area contributed by atoms with Gasteiger partial charge in [0.15, 0.2) is 0 Å². The molecule has 27 heavy (non-hydrogen) atoms. The molecule has 1 amide bonds. The van der Waals surface area contributed by atoms with Gasteiger partial charge in [-0.15, -0.1) is 0 Å². The number of hydrogen-bond donors (Lipinski definition) is 2. The van der Waals surface area contributed by atoms with Crippen molar-refractivity contribution in [2.45, 2.75) is 44.8 Å². The summed E-state index contributed by atoms with van der Waals surface area (Å²) in [5, 5.41) is 6.80. The second-order valence-electron chi connectivity index (χ2n) is 6.94. The van der Waals surface area contributed by atoms with Crippen molar-refractivity contribution in [3.8, 4) is 0 Å². The highest BCUT2D eigenvalue weighted by molar-refractivity contribution is 6.34. The lowest BCUT2D eigenvalue weighted by atomic mass is 10.1. The summed E-state index contributed by atoms with van der Waals surface area (Å²) in [6, 6.07) is 14.9. The maximum Gasteiger partial charge on any atom is 0.257 e. The van der Waals surface area contributed by atoms with Gasteiger partial charge in [0.05, 0.1) is 16.7 Å². The number of amides is 1. The van der Waals surface area contributed by atoms with Gasteiger partial charge in [-0.05, 0) is 55.6 Å². The minimum atomic E-state index is -0.199. The Kier molecular flexibility index (Phi) is 7.69. The third-order valence-electron chi connectivity index (χ3n) is 4.79. The van der Waals surface area contributed by atoms with E-state index in [1.54, 1.807) is 18.2 Å². The summed E-state index contributed by atoms with van der Waals surface area (Å²) in [7, 11) is 0. The molecule has 0 bridgehead atoms. The number of halogens is 1. The third kappa shape index (κ3) is 6.35. The summed E-state index contributed by atoms with van der Waals surface area (Å²) in [5.41, 5.74) is 2.37. The fraction of sp³-hybridized carbons (Fsp3) is 0.409. The Bertz CT molecular complexity index is 745. The Balaban J connectivity index is 1.40. The van der Waals surface area contributed by atoms with Gasteiger partial charge in [0, 0.05) is 18.8 Å². The Morgan fingerprint density at radius 3 is 2.74 bits per heavy atom. The first-order valence-electron chi connectivity index (χ1n) is 9.69. The van der Waals surface area contributed by atoms with E-state index >= 15 is 0 Å². The van der Waals surface area contributed by atoms with Crippen LogP contribution in [0.4, 0.5) is 5.69 Å². The SMILES string of the molecule is O=C(Nc1cccc(CNCCCOC2CCCC2)c1)c1ccccc1Cl. The molecule has 1 fully saturated rings. The quantitative estimate of drug-likeness (QED) is 0.594. The van der Waals surface area contributed by atoms with Gasteiger partial charge in [-0.3, -0.25) is 4.79 Å². The van der Waals surface area contributed by atoms with E-state index in [2.05, 4.69) is 10.6 Å². The lowest BCUT2D eigenvalue weighted by Crippen LogP contribution is -2.18. The number of rotatable bonds is 9. The van der Waals surface area contributed by atoms with Crippen molar-refractivity contribution in [3.05, 3.63) is 64.7 Å². The molecule has 0 radical (unpaired) electrons. The fourth-order valence-electron chi connectivity index (χ4n) is 3.34. The molecule has 1 aliphatic rings. The van der Waals surface area contributed by atoms with Gasteiger partial charge >= 0.3 is 0 Å². The van der Waals surface area contributed by atoms with E-state index in [0.717, 1.165) is 37.4 Å². The number of nitrogens with one attached hydrogen (secondary N) is 2. The smallest absolute Gasteiger partial charge is 0.257 e. The monoisotopic (exact) mass is 386 g/mol. The average Bonchev–Trinajstić information content (AvgIpc) is 3.18. The molecular weight excluding hydrogens is 360 g/mol. The number of carbonyl (C=O) groups excluding carboxylic acids is 1. The largest absolute Gasteiger partial charge is 0.378 e. The van der Waals surface area contributed by atoms with E-state index in [1.807, 2.05) is 30.3 Å². The van der Waals surface area contributed by atoms with E-state index in [4.69, 9.17) is 16.3 Å². The van der Waals surface area contributed by atoms with Gasteiger partial charge in [0.2, 0.25) is 0 Å². The van der Waals surface area contributed by atoms with Crippen molar-refractivity contribution >= 4 is 23.2 Å². The van der Waals surface area contributed by atoms with E-state index in [-0.39, 0.29) is 5.91 Å². The summed E-state index contributed by atoms with van der Waals surface area (Å²) in [6.45, 7) is 2.51. The van der Waals surface area contributed by atoms with Gasteiger partial charge < -0.3 is 15.4 Å². The highest BCUT2D eigenvalue weighted by atomic mass is 35.5. The molecule has 0 aliphatic heterocycles. The zero-order valence-corrected chi connectivity index (χ0v) is 16.3. The molecule has 1 saturated carbocycles. The average molecular weight is 387 g/mol. The summed E-state index contributed by atoms with van der Waals surface area (Å²) in [4.78, 5) is 12.4. The van der Waals surface area contributed by atoms with Crippen LogP contribution in [-0.2, 0) is 11.3 Å². The van der Waals surface area contributed by atoms with Gasteiger partial charge in [-0.25, -0.2) is 0 Å². The van der Waals surface area contributed by atoms with Crippen LogP contribution < -0.4 is 10.6 Å². The molecule has 1 aliphatic carbocycles. The van der Waals surface area contributed by atoms with Crippen LogP contribution in [0.5, 0.6) is 0 Å². The fourth-order valence-corrected chi connectivity index (χ4v) is 3.56. The van der Waals surface area contributed by atoms with Crippen LogP contribution in [0.1, 0.15) is 48.0 Å². The second-order valence-corrected chi connectivity index (χ2v) is 7.35. The Hall–Kier alpha value is -1.88. The lowest BCUT2D eigenvalue weighted by molar-refractivity contribution is 0.0568. The predicted molar refractivity (Wildman–Crippen MR) is 110 cm³/mol. The van der Waals surface area contributed by atoms with Crippen molar-refractivity contribution in [1.82, 2.24) is 5.32 Å². The van der Waals surface area contributed by atoms with E-state index < -0.39 is 0 Å². The predicted octanol–water partition coefficient (Wildman–Crippen LogP) is 5.03. The van der Waals surface area contributed by atoms with Crippen LogP contribution in [0, 0.1) is 0 Å². The van der Waals surface area contributed by atoms with Crippen LogP contribution in [0.15, 0.2) is 48.5 Å². The molecule has 0 saturated heterocycles. The van der Waals surface area contributed by atoms with Gasteiger partial charge in [-0.2, -0.15) is 0 Å². The van der Waals surface area contributed by atoms with Gasteiger partial charge in [-0.1, -0.05) is 48.7 Å². The highest BCUT2D eigenvalue weighted by Crippen LogP contribution is 2.21. The summed E-state index contributed by atoms with van der Waals surface area (Å²) < 4.78 is 5.87. The molecule has 2 aromatic carbocycles. The number of hydrogen-bond acceptors (Lipinski definition) is 3. The van der Waals surface area contributed by atoms with Crippen molar-refractivity contribution in [1.29, 1.82) is 0 Å². The number of carbonyl (C=O) groups is 1. The summed E-state index contributed by atoms with van der Waals surface area (Å²) in [6.07, 6.45) is 6.57. The molecule has 2 N–H and O–H groups in total. The first-order valence-corrected chi connectivity index (χ1v) is 10.1. The van der Waals surface area contributed by atoms with Gasteiger partial charge in [0.1, 0.15) is 0 Å². The number of benzene rings is 2. The molecule has 4 nitrogen and oxygen atoms in total. The number of anilines is 1. The standard InChI is InChI=1S/C22H27ClN2O2/c23-21-12-4-3-11-20(21)22(26)25-18-8-5-7-17(15-18)16-24-13-6-14-27-19-9-1-2-10-19/h3-5,7-8,11-12,15,19,24H,1-2,6,9-10,13-14,16H2,(H,25,26). The zero-order valence-electron chi connectivity index (χ0n) is 15.5. The van der Waals surface area contributed by atoms with Crippen LogP contribution in [0.3, 0.4) is 0 Å². The number of ether oxygens (including phenoxy) is 1. The zero-order chi connectivity index (χ0) is 18.9. The third-order valence-corrected chi connectivity index (χ3v) is 5.12. The summed E-state index contributed by atoms with van der Waals surface area (Å²) in [5.74, 6) is -0.199. The van der Waals surface area contributed by atoms with Crippen LogP contribution in [0.2, 0.25) is 5.02 Å². The first-order chi connectivity index (χ1) is 13.2. The van der Waals surface area contributed by atoms with E-state index in [1.165, 1.54) is 25.7 Å². The highest BCUT2D eigenvalue weighted by Gasteiger charge is 2.14. The van der Waals surface area contributed by atoms with Crippen LogP contribution >= 0.6 is 11.6 Å².